The van der Waals surface area contributed by atoms with E-state index in [0.29, 0.717) is 5.75 Å². The topological polar surface area (TPSA) is 63.4 Å². The van der Waals surface area contributed by atoms with E-state index in [4.69, 9.17) is 5.11 Å². The molecule has 1 fully saturated rings. The molecule has 0 radical (unpaired) electrons. The summed E-state index contributed by atoms with van der Waals surface area (Å²) in [6.45, 7) is 1.77. The van der Waals surface area contributed by atoms with E-state index in [9.17, 15) is 10.1 Å². The summed E-state index contributed by atoms with van der Waals surface area (Å²) in [5.41, 5.74) is 0. The molecule has 1 rings (SSSR count). The maximum atomic E-state index is 10.3. The summed E-state index contributed by atoms with van der Waals surface area (Å²) in [6.07, 6.45) is -0.755. The smallest absolute Gasteiger partial charge is 0.250 e. The third kappa shape index (κ3) is 1.24. The summed E-state index contributed by atoms with van der Waals surface area (Å²) in [5, 5.41) is 19.3. The monoisotopic (exact) mass is 163 g/mol. The number of thioether (sulfide) groups is 1. The van der Waals surface area contributed by atoms with Crippen LogP contribution in [0.15, 0.2) is 0 Å². The van der Waals surface area contributed by atoms with E-state index >= 15 is 0 Å². The Labute approximate surface area is 62.8 Å². The highest BCUT2D eigenvalue weighted by molar-refractivity contribution is 8.00. The van der Waals surface area contributed by atoms with Gasteiger partial charge in [-0.25, -0.2) is 0 Å². The van der Waals surface area contributed by atoms with Crippen molar-refractivity contribution in [3.05, 3.63) is 10.1 Å². The standard InChI is InChI=1S/C5H9NO3S/c1-3-5(6(8)9)4(7)2-10-3/h3-5,7H,2H2,1H3. The highest BCUT2D eigenvalue weighted by atomic mass is 32.2. The predicted octanol–water partition coefficient (Wildman–Crippen LogP) is 0.128. The van der Waals surface area contributed by atoms with Crippen LogP contribution in [0.4, 0.5) is 0 Å². The van der Waals surface area contributed by atoms with Gasteiger partial charge in [0.1, 0.15) is 6.10 Å². The lowest BCUT2D eigenvalue weighted by Crippen LogP contribution is -2.35. The molecule has 5 heteroatoms. The molecule has 10 heavy (non-hydrogen) atoms. The van der Waals surface area contributed by atoms with Crippen molar-refractivity contribution < 1.29 is 10.0 Å². The first kappa shape index (κ1) is 7.81. The second-order valence-corrected chi connectivity index (χ2v) is 3.79. The molecule has 1 heterocycles. The van der Waals surface area contributed by atoms with Crippen LogP contribution in [0.3, 0.4) is 0 Å². The van der Waals surface area contributed by atoms with Crippen LogP contribution in [0.1, 0.15) is 6.92 Å². The molecule has 4 nitrogen and oxygen atoms in total. The molecule has 1 saturated heterocycles. The van der Waals surface area contributed by atoms with E-state index in [0.717, 1.165) is 0 Å². The molecule has 0 bridgehead atoms. The van der Waals surface area contributed by atoms with Gasteiger partial charge in [0.05, 0.1) is 5.25 Å². The molecule has 0 aromatic carbocycles. The van der Waals surface area contributed by atoms with Crippen LogP contribution in [0.5, 0.6) is 0 Å². The third-order valence-corrected chi connectivity index (χ3v) is 2.99. The van der Waals surface area contributed by atoms with Crippen LogP contribution in [0.25, 0.3) is 0 Å². The molecule has 1 aliphatic rings. The molecule has 3 atom stereocenters. The Balaban J connectivity index is 2.63. The third-order valence-electron chi connectivity index (χ3n) is 1.65. The lowest BCUT2D eigenvalue weighted by atomic mass is 10.1. The van der Waals surface area contributed by atoms with Crippen molar-refractivity contribution in [2.45, 2.75) is 24.3 Å². The maximum absolute atomic E-state index is 10.3. The van der Waals surface area contributed by atoms with Crippen LogP contribution in [-0.4, -0.2) is 33.2 Å². The van der Waals surface area contributed by atoms with Gasteiger partial charge in [0, 0.05) is 10.7 Å². The zero-order valence-electron chi connectivity index (χ0n) is 5.56. The lowest BCUT2D eigenvalue weighted by Gasteiger charge is -2.07. The summed E-state index contributed by atoms with van der Waals surface area (Å²) in [5.74, 6) is 0.493. The first-order valence-electron chi connectivity index (χ1n) is 3.06. The predicted molar refractivity (Wildman–Crippen MR) is 38.7 cm³/mol. The fourth-order valence-corrected chi connectivity index (χ4v) is 2.25. The minimum Gasteiger partial charge on any atom is -0.385 e. The summed E-state index contributed by atoms with van der Waals surface area (Å²) in [6, 6.07) is -0.759. The molecule has 3 unspecified atom stereocenters. The summed E-state index contributed by atoms with van der Waals surface area (Å²) in [4.78, 5) is 9.86. The van der Waals surface area contributed by atoms with Gasteiger partial charge in [0.15, 0.2) is 0 Å². The van der Waals surface area contributed by atoms with Crippen LogP contribution in [0, 0.1) is 10.1 Å². The minimum atomic E-state index is -0.759. The molecule has 0 aromatic heterocycles. The van der Waals surface area contributed by atoms with Crippen molar-refractivity contribution in [2.24, 2.45) is 0 Å². The maximum Gasteiger partial charge on any atom is 0.250 e. The first-order valence-corrected chi connectivity index (χ1v) is 4.11. The van der Waals surface area contributed by atoms with E-state index in [1.807, 2.05) is 0 Å². The number of nitro groups is 1. The van der Waals surface area contributed by atoms with Gasteiger partial charge in [-0.05, 0) is 6.92 Å². The van der Waals surface area contributed by atoms with E-state index in [1.165, 1.54) is 11.8 Å². The van der Waals surface area contributed by atoms with Gasteiger partial charge in [-0.2, -0.15) is 0 Å². The Morgan fingerprint density at radius 1 is 1.80 bits per heavy atom. The highest BCUT2D eigenvalue weighted by Gasteiger charge is 2.41. The molecule has 0 saturated carbocycles. The summed E-state index contributed by atoms with van der Waals surface area (Å²) in [7, 11) is 0. The van der Waals surface area contributed by atoms with Crippen molar-refractivity contribution in [3.63, 3.8) is 0 Å². The Bertz CT molecular complexity index is 142. The molecule has 1 N–H and O–H groups in total. The molecular weight excluding hydrogens is 154 g/mol. The average Bonchev–Trinajstić information content (AvgIpc) is 2.11. The second-order valence-electron chi connectivity index (χ2n) is 2.38. The normalized spacial score (nSPS) is 40.0. The van der Waals surface area contributed by atoms with Crippen LogP contribution >= 0.6 is 11.8 Å². The Hall–Kier alpha value is -0.290. The Kier molecular flexibility index (Phi) is 2.15. The van der Waals surface area contributed by atoms with Crippen LogP contribution < -0.4 is 0 Å². The zero-order valence-corrected chi connectivity index (χ0v) is 6.37. The number of hydrogen-bond acceptors (Lipinski definition) is 4. The van der Waals surface area contributed by atoms with Crippen LogP contribution in [0.2, 0.25) is 0 Å². The molecule has 0 amide bonds. The van der Waals surface area contributed by atoms with Gasteiger partial charge in [-0.3, -0.25) is 10.1 Å². The highest BCUT2D eigenvalue weighted by Crippen LogP contribution is 2.28. The number of rotatable bonds is 1. The van der Waals surface area contributed by atoms with Gasteiger partial charge in [-0.1, -0.05) is 0 Å². The molecule has 0 spiro atoms. The van der Waals surface area contributed by atoms with Crippen molar-refractivity contribution in [1.29, 1.82) is 0 Å². The first-order chi connectivity index (χ1) is 4.63. The number of nitrogens with zero attached hydrogens (tertiary/aromatic N) is 1. The van der Waals surface area contributed by atoms with E-state index in [2.05, 4.69) is 0 Å². The number of aliphatic hydroxyl groups is 1. The average molecular weight is 163 g/mol. The zero-order chi connectivity index (χ0) is 7.72. The molecule has 0 aliphatic carbocycles. The fourth-order valence-electron chi connectivity index (χ4n) is 1.07. The quantitative estimate of drug-likeness (QED) is 0.441. The summed E-state index contributed by atoms with van der Waals surface area (Å²) < 4.78 is 0. The second kappa shape index (κ2) is 2.75. The van der Waals surface area contributed by atoms with E-state index < -0.39 is 17.1 Å². The fraction of sp³-hybridized carbons (Fsp3) is 1.00. The van der Waals surface area contributed by atoms with Gasteiger partial charge in [0.25, 0.3) is 6.04 Å². The van der Waals surface area contributed by atoms with E-state index in [-0.39, 0.29) is 5.25 Å². The van der Waals surface area contributed by atoms with Crippen molar-refractivity contribution >= 4 is 11.8 Å². The van der Waals surface area contributed by atoms with Crippen molar-refractivity contribution in [2.75, 3.05) is 5.75 Å². The largest absolute Gasteiger partial charge is 0.385 e. The SMILES string of the molecule is CC1SCC(O)C1[N+](=O)[O-]. The summed E-state index contributed by atoms with van der Waals surface area (Å²) >= 11 is 1.45. The van der Waals surface area contributed by atoms with Gasteiger partial charge in [-0.15, -0.1) is 11.8 Å². The van der Waals surface area contributed by atoms with Gasteiger partial charge < -0.3 is 5.11 Å². The van der Waals surface area contributed by atoms with Crippen LogP contribution in [-0.2, 0) is 0 Å². The molecular formula is C5H9NO3S. The van der Waals surface area contributed by atoms with Gasteiger partial charge in [0.2, 0.25) is 0 Å². The van der Waals surface area contributed by atoms with Crippen molar-refractivity contribution in [3.8, 4) is 0 Å². The minimum absolute atomic E-state index is 0.0509. The van der Waals surface area contributed by atoms with E-state index in [1.54, 1.807) is 6.92 Å². The van der Waals surface area contributed by atoms with Crippen molar-refractivity contribution in [1.82, 2.24) is 0 Å². The lowest BCUT2D eigenvalue weighted by molar-refractivity contribution is -0.530. The number of hydrogen-bond donors (Lipinski definition) is 1. The molecule has 1 aliphatic heterocycles. The molecule has 58 valence electrons. The number of aliphatic hydroxyl groups excluding tert-OH is 1. The molecule has 0 aromatic rings. The van der Waals surface area contributed by atoms with Gasteiger partial charge >= 0.3 is 0 Å². The Morgan fingerprint density at radius 2 is 2.40 bits per heavy atom. The Morgan fingerprint density at radius 3 is 2.60 bits per heavy atom.